The van der Waals surface area contributed by atoms with Crippen LogP contribution in [0.5, 0.6) is 28.7 Å². The fourth-order valence-corrected chi connectivity index (χ4v) is 15.5. The summed E-state index contributed by atoms with van der Waals surface area (Å²) in [6.07, 6.45) is 3.10. The molecule has 5 aromatic carbocycles. The molecule has 125 heavy (non-hydrogen) atoms. The van der Waals surface area contributed by atoms with Crippen LogP contribution in [0, 0.1) is 18.3 Å². The highest BCUT2D eigenvalue weighted by molar-refractivity contribution is 9.09. The Morgan fingerprint density at radius 2 is 0.776 bits per heavy atom. The maximum Gasteiger partial charge on any atom is 0.248 e. The molecule has 0 atom stereocenters. The molecule has 41 heteroatoms. The lowest BCUT2D eigenvalue weighted by Crippen LogP contribution is -2.32. The Balaban J connectivity index is 0.000000171. The Bertz CT molecular complexity index is 5540. The minimum absolute atomic E-state index is 0. The number of carbonyl (C=O) groups is 1. The Kier molecular flexibility index (Phi) is 35.6. The lowest BCUT2D eigenvalue weighted by atomic mass is 9.92. The van der Waals surface area contributed by atoms with Gasteiger partial charge >= 0.3 is 0 Å². The molecule has 5 saturated carbocycles. The summed E-state index contributed by atoms with van der Waals surface area (Å²) in [5.74, 6) is -6.54. The number of thiocarbonyl (C=S) groups is 1. The number of alkyl halides is 11. The molecule has 6 heterocycles. The second-order valence-electron chi connectivity index (χ2n) is 30.0. The van der Waals surface area contributed by atoms with Crippen molar-refractivity contribution in [1.29, 1.82) is 5.26 Å². The standard InChI is InChI=1S/C19H20F2N4OS.C16H18F2N4OS.C16H16F2N4O.C15H16ClF2N3O.C9H6Cl2N2O.C6H11F2N.C3H5BrO.ClH/c1-11-10-27-18(22-11)17-24-15-13(4-3-5-14(15)26-2)16(25-17)23-12-6-8-19(20,21)9-7-12;1-23-11-4-2-3-10-12(11)21-15(13(19)24)22-14(10)20-9-5-7-16(17,18)8-6-9;1-23-12-4-2-3-11-14(12)21-13(9-19)22-15(11)20-10-5-7-16(17,18)8-6-10;1-22-11-4-2-3-10-12(11)20-14(16)21-13(10)19-9-5-7-15(17,18)8-6-9;1-14-6-4-2-3-5-7(6)12-9(11)13-8(5)10;7-6(8)3-1-5(9)2-4-6;1-3(5)2-4;/h3-5,10,12H,6-9H2,1-2H3,(H,23,24,25);2-4,9H,5-8H2,1H3,(H2,19,24)(H,20,21,22);2-4,10H,5-8H2,1H3,(H,20,21,22);2-4,9H,5-8H2,1H3,(H,19,20,21);2-4H,1H3;5H,1-4,9H2;2H2,1H3;1H. The minimum Gasteiger partial charge on any atom is -0.494 e. The van der Waals surface area contributed by atoms with Gasteiger partial charge in [0.25, 0.3) is 0 Å². The Labute approximate surface area is 753 Å². The predicted octanol–water partition coefficient (Wildman–Crippen LogP) is 22.0. The largest absolute Gasteiger partial charge is 0.494 e. The van der Waals surface area contributed by atoms with Crippen molar-refractivity contribution in [3.8, 4) is 45.6 Å². The molecular formula is C84H93BrCl4F10N18O6S2. The summed E-state index contributed by atoms with van der Waals surface area (Å²) in [5, 5.41) is 29.6. The first-order valence-corrected chi connectivity index (χ1v) is 43.1. The van der Waals surface area contributed by atoms with Gasteiger partial charge in [-0.15, -0.1) is 23.7 Å². The number of rotatable bonds is 16. The van der Waals surface area contributed by atoms with E-state index in [0.29, 0.717) is 166 Å². The molecule has 5 aliphatic rings. The van der Waals surface area contributed by atoms with Gasteiger partial charge in [-0.05, 0) is 162 Å². The first kappa shape index (κ1) is 99.4. The number of methoxy groups -OCH3 is 5. The van der Waals surface area contributed by atoms with Crippen LogP contribution in [-0.2, 0) is 4.79 Å². The third kappa shape index (κ3) is 28.0. The van der Waals surface area contributed by atoms with Gasteiger partial charge < -0.3 is 56.4 Å². The predicted molar refractivity (Wildman–Crippen MR) is 478 cm³/mol. The van der Waals surface area contributed by atoms with Gasteiger partial charge in [0.15, 0.2) is 16.7 Å². The van der Waals surface area contributed by atoms with Crippen molar-refractivity contribution < 1.29 is 72.4 Å². The number of ether oxygens (including phenoxy) is 5. The van der Waals surface area contributed by atoms with Crippen LogP contribution >= 0.6 is 86.7 Å². The first-order chi connectivity index (χ1) is 58.9. The average molecular weight is 1930 g/mol. The summed E-state index contributed by atoms with van der Waals surface area (Å²) >= 11 is 27.0. The molecule has 5 aliphatic carbocycles. The maximum absolute atomic E-state index is 13.5. The smallest absolute Gasteiger partial charge is 0.248 e. The van der Waals surface area contributed by atoms with Crippen molar-refractivity contribution in [2.75, 3.05) is 62.1 Å². The van der Waals surface area contributed by atoms with E-state index in [1.807, 2.05) is 79.0 Å². The van der Waals surface area contributed by atoms with Crippen molar-refractivity contribution in [3.63, 3.8) is 0 Å². The van der Waals surface area contributed by atoms with Gasteiger partial charge in [-0.3, -0.25) is 4.79 Å². The number of nitrogens with zero attached hydrogens (tertiary/aromatic N) is 12. The van der Waals surface area contributed by atoms with Crippen LogP contribution in [0.1, 0.15) is 153 Å². The Morgan fingerprint density at radius 1 is 0.472 bits per heavy atom. The number of nitrogens with two attached hydrogens (primary N) is 2. The van der Waals surface area contributed by atoms with E-state index in [4.69, 9.17) is 87.4 Å². The van der Waals surface area contributed by atoms with Crippen molar-refractivity contribution in [2.24, 2.45) is 11.5 Å². The number of aryl methyl sites for hydroxylation is 1. The third-order valence-electron chi connectivity index (χ3n) is 20.8. The summed E-state index contributed by atoms with van der Waals surface area (Å²) < 4.78 is 158. The molecule has 0 bridgehead atoms. The topological polar surface area (TPSA) is 329 Å². The molecule has 672 valence electrons. The number of Topliss-reactive ketones (excluding diaryl/α,β-unsaturated/α-hetero) is 1. The number of halogens is 15. The molecule has 5 fully saturated rings. The zero-order chi connectivity index (χ0) is 89.8. The number of benzene rings is 5. The van der Waals surface area contributed by atoms with E-state index in [-0.39, 0.29) is 140 Å². The van der Waals surface area contributed by atoms with Gasteiger partial charge in [0.05, 0.1) is 40.9 Å². The van der Waals surface area contributed by atoms with Crippen molar-refractivity contribution in [3.05, 3.63) is 129 Å². The van der Waals surface area contributed by atoms with Gasteiger partial charge in [-0.2, -0.15) is 5.26 Å². The van der Waals surface area contributed by atoms with Crippen LogP contribution in [0.2, 0.25) is 15.7 Å². The average Bonchev–Trinajstić information content (AvgIpc) is 1.57. The highest BCUT2D eigenvalue weighted by Crippen LogP contribution is 2.43. The molecule has 11 aromatic rings. The first-order valence-electron chi connectivity index (χ1n) is 39.5. The number of thiazole rings is 1. The third-order valence-corrected chi connectivity index (χ3v) is 23.3. The van der Waals surface area contributed by atoms with Crippen LogP contribution in [0.4, 0.5) is 67.2 Å². The number of carbonyl (C=O) groups excluding carboxylic acids is 1. The van der Waals surface area contributed by atoms with E-state index in [1.165, 1.54) is 25.4 Å². The lowest BCUT2D eigenvalue weighted by molar-refractivity contribution is -0.114. The maximum atomic E-state index is 13.5. The lowest BCUT2D eigenvalue weighted by Gasteiger charge is -2.29. The molecule has 0 aliphatic heterocycles. The van der Waals surface area contributed by atoms with E-state index in [9.17, 15) is 48.7 Å². The molecule has 8 N–H and O–H groups in total. The normalized spacial score (nSPS) is 17.1. The molecule has 6 aromatic heterocycles. The van der Waals surface area contributed by atoms with Crippen LogP contribution in [0.25, 0.3) is 65.3 Å². The summed E-state index contributed by atoms with van der Waals surface area (Å²) in [6.45, 7) is 3.46. The summed E-state index contributed by atoms with van der Waals surface area (Å²) in [7, 11) is 7.80. The van der Waals surface area contributed by atoms with Crippen molar-refractivity contribution >= 4 is 175 Å². The number of aromatic nitrogens is 11. The molecule has 0 saturated heterocycles. The van der Waals surface area contributed by atoms with E-state index in [1.54, 1.807) is 58.8 Å². The molecule has 24 nitrogen and oxygen atoms in total. The number of nitriles is 1. The van der Waals surface area contributed by atoms with Crippen molar-refractivity contribution in [1.82, 2.24) is 54.8 Å². The Morgan fingerprint density at radius 3 is 1.10 bits per heavy atom. The zero-order valence-electron chi connectivity index (χ0n) is 69.0. The highest BCUT2D eigenvalue weighted by Gasteiger charge is 2.40. The van der Waals surface area contributed by atoms with Crippen LogP contribution in [0.3, 0.4) is 0 Å². The van der Waals surface area contributed by atoms with E-state index >= 15 is 0 Å². The summed E-state index contributed by atoms with van der Waals surface area (Å²) in [5.41, 5.74) is 15.0. The van der Waals surface area contributed by atoms with Gasteiger partial charge in [0.1, 0.15) is 102 Å². The number of hydrogen-bond donors (Lipinski definition) is 6. The number of para-hydroxylation sites is 5. The quantitative estimate of drug-likeness (QED) is 0.0172. The molecule has 0 unspecified atom stereocenters. The minimum atomic E-state index is -2.58. The zero-order valence-corrected chi connectivity index (χ0v) is 75.3. The second kappa shape index (κ2) is 44.8. The number of ketones is 1. The number of anilines is 4. The number of nitrogens with one attached hydrogen (secondary N) is 4. The fraction of sp³-hybridized carbons (Fsp3) is 0.452. The SMILES string of the molecule is CC(=O)CBr.COc1cccc2c(Cl)nc(Cl)nc12.COc1cccc2c(NC3CCC(F)(F)CC3)nc(-c3nc(C)cs3)nc12.COc1cccc2c(NC3CCC(F)(F)CC3)nc(C#N)nc12.COc1cccc2c(NC3CCC(F)(F)CC3)nc(C(N)=S)nc12.COc1cccc2c(NC3CCC(F)(F)CC3)nc(Cl)nc12.Cl.NC1CCC(F)(F)CC1. The van der Waals surface area contributed by atoms with Gasteiger partial charge in [-0.1, -0.05) is 70.1 Å². The van der Waals surface area contributed by atoms with Gasteiger partial charge in [0, 0.05) is 132 Å². The molecule has 0 radical (unpaired) electrons. The summed E-state index contributed by atoms with van der Waals surface area (Å²) in [6, 6.07) is 29.1. The molecular weight excluding hydrogens is 1830 g/mol. The number of fused-ring (bicyclic) bond motifs is 5. The van der Waals surface area contributed by atoms with Gasteiger partial charge in [-0.25, -0.2) is 98.7 Å². The van der Waals surface area contributed by atoms with Crippen LogP contribution in [0.15, 0.2) is 96.4 Å². The van der Waals surface area contributed by atoms with E-state index < -0.39 is 29.6 Å². The van der Waals surface area contributed by atoms with Crippen LogP contribution < -0.4 is 56.4 Å². The Hall–Kier alpha value is -9.42. The monoisotopic (exact) mass is 1920 g/mol. The van der Waals surface area contributed by atoms with E-state index in [0.717, 1.165) is 32.2 Å². The van der Waals surface area contributed by atoms with Crippen LogP contribution in [-0.4, -0.2) is 166 Å². The highest BCUT2D eigenvalue weighted by atomic mass is 79.9. The van der Waals surface area contributed by atoms with E-state index in [2.05, 4.69) is 92.0 Å². The summed E-state index contributed by atoms with van der Waals surface area (Å²) in [4.78, 5) is 57.1. The molecule has 0 spiro atoms. The van der Waals surface area contributed by atoms with Crippen molar-refractivity contribution in [2.45, 2.75) is 202 Å². The fourth-order valence-electron chi connectivity index (χ4n) is 14.1. The second-order valence-corrected chi connectivity index (χ2v) is 32.9. The van der Waals surface area contributed by atoms with Gasteiger partial charge in [0.2, 0.25) is 46.0 Å². The molecule has 0 amide bonds. The molecule has 16 rings (SSSR count). The number of hydrogen-bond acceptors (Lipinski definition) is 25.